The van der Waals surface area contributed by atoms with E-state index in [1.165, 1.54) is 42.5 Å². The van der Waals surface area contributed by atoms with Gasteiger partial charge in [0, 0.05) is 5.56 Å². The Morgan fingerprint density at radius 1 is 1.03 bits per heavy atom. The number of ether oxygens (including phenoxy) is 2. The van der Waals surface area contributed by atoms with Crippen LogP contribution in [-0.2, 0) is 20.9 Å². The van der Waals surface area contributed by atoms with Gasteiger partial charge in [0.2, 0.25) is 5.91 Å². The predicted molar refractivity (Wildman–Crippen MR) is 125 cm³/mol. The van der Waals surface area contributed by atoms with Crippen LogP contribution in [0.4, 0.5) is 5.69 Å². The summed E-state index contributed by atoms with van der Waals surface area (Å²) in [7, 11) is 1.52. The van der Waals surface area contributed by atoms with Gasteiger partial charge < -0.3 is 18.8 Å². The third-order valence-corrected chi connectivity index (χ3v) is 5.64. The molecule has 180 valence electrons. The lowest BCUT2D eigenvalue weighted by Gasteiger charge is -2.27. The first kappa shape index (κ1) is 23.7. The Kier molecular flexibility index (Phi) is 6.96. The number of rotatable bonds is 8. The molecule has 1 aromatic heterocycles. The summed E-state index contributed by atoms with van der Waals surface area (Å²) in [4.78, 5) is 54.1. The van der Waals surface area contributed by atoms with Crippen LogP contribution in [0.5, 0.6) is 5.75 Å². The summed E-state index contributed by atoms with van der Waals surface area (Å²) >= 11 is 0. The molecule has 1 aliphatic heterocycles. The number of imide groups is 1. The van der Waals surface area contributed by atoms with Gasteiger partial charge in [-0.25, -0.2) is 9.69 Å². The highest BCUT2D eigenvalue weighted by molar-refractivity contribution is 6.23. The Labute approximate surface area is 201 Å². The van der Waals surface area contributed by atoms with E-state index in [2.05, 4.69) is 0 Å². The topological polar surface area (TPSA) is 106 Å². The van der Waals surface area contributed by atoms with E-state index >= 15 is 0 Å². The fraction of sp³-hybridized carbons (Fsp3) is 0.231. The molecular formula is C26H24N2O7. The molecule has 9 nitrogen and oxygen atoms in total. The number of amides is 3. The number of carbonyl (C=O) groups is 4. The van der Waals surface area contributed by atoms with Crippen molar-refractivity contribution in [1.82, 2.24) is 4.90 Å². The molecule has 35 heavy (non-hydrogen) atoms. The molecule has 4 rings (SSSR count). The van der Waals surface area contributed by atoms with Gasteiger partial charge >= 0.3 is 5.97 Å². The average molecular weight is 476 g/mol. The van der Waals surface area contributed by atoms with Gasteiger partial charge in [-0.3, -0.25) is 14.4 Å². The molecule has 1 aliphatic rings. The van der Waals surface area contributed by atoms with Crippen LogP contribution in [0.1, 0.15) is 39.8 Å². The normalized spacial score (nSPS) is 15.3. The molecule has 0 radical (unpaired) electrons. The number of esters is 1. The molecule has 0 bridgehead atoms. The van der Waals surface area contributed by atoms with Crippen LogP contribution in [0.25, 0.3) is 0 Å². The van der Waals surface area contributed by atoms with Gasteiger partial charge in [0.15, 0.2) is 0 Å². The average Bonchev–Trinajstić information content (AvgIpc) is 3.49. The highest BCUT2D eigenvalue weighted by Crippen LogP contribution is 2.28. The number of methoxy groups -OCH3 is 1. The Bertz CT molecular complexity index is 1220. The van der Waals surface area contributed by atoms with Crippen LogP contribution in [0.2, 0.25) is 0 Å². The van der Waals surface area contributed by atoms with Crippen molar-refractivity contribution >= 4 is 29.4 Å². The van der Waals surface area contributed by atoms with E-state index < -0.39 is 29.7 Å². The van der Waals surface area contributed by atoms with Crippen LogP contribution in [0, 0.1) is 0 Å². The second kappa shape index (κ2) is 10.3. The lowest BCUT2D eigenvalue weighted by molar-refractivity contribution is -0.122. The second-order valence-corrected chi connectivity index (χ2v) is 7.80. The van der Waals surface area contributed by atoms with E-state index in [9.17, 15) is 19.2 Å². The minimum Gasteiger partial charge on any atom is -0.497 e. The molecule has 9 heteroatoms. The molecule has 3 aromatic rings. The molecule has 0 saturated carbocycles. The molecule has 0 N–H and O–H groups in total. The minimum absolute atomic E-state index is 0.0111. The van der Waals surface area contributed by atoms with Crippen LogP contribution < -0.4 is 9.64 Å². The van der Waals surface area contributed by atoms with Gasteiger partial charge in [-0.1, -0.05) is 0 Å². The Balaban J connectivity index is 1.61. The van der Waals surface area contributed by atoms with Gasteiger partial charge in [0.1, 0.15) is 17.6 Å². The van der Waals surface area contributed by atoms with Crippen molar-refractivity contribution in [3.63, 3.8) is 0 Å². The number of benzene rings is 2. The molecule has 1 saturated heterocycles. The Morgan fingerprint density at radius 2 is 1.71 bits per heavy atom. The van der Waals surface area contributed by atoms with Crippen molar-refractivity contribution in [1.29, 1.82) is 0 Å². The van der Waals surface area contributed by atoms with Crippen LogP contribution in [-0.4, -0.2) is 48.3 Å². The summed E-state index contributed by atoms with van der Waals surface area (Å²) < 4.78 is 15.5. The summed E-state index contributed by atoms with van der Waals surface area (Å²) in [6.45, 7) is 1.95. The fourth-order valence-corrected chi connectivity index (χ4v) is 3.89. The van der Waals surface area contributed by atoms with Crippen molar-refractivity contribution < 1.29 is 33.1 Å². The molecule has 1 unspecified atom stereocenters. The highest BCUT2D eigenvalue weighted by atomic mass is 16.5. The van der Waals surface area contributed by atoms with Gasteiger partial charge in [0.25, 0.3) is 11.8 Å². The SMILES string of the molecule is CCOC(=O)c1ccc(N2C(=O)CC(N(Cc3ccco3)C(=O)c3ccc(OC)cc3)C2=O)cc1. The summed E-state index contributed by atoms with van der Waals surface area (Å²) in [6, 6.07) is 14.9. The summed E-state index contributed by atoms with van der Waals surface area (Å²) in [5.74, 6) is -0.836. The van der Waals surface area contributed by atoms with Gasteiger partial charge in [-0.05, 0) is 67.6 Å². The van der Waals surface area contributed by atoms with Gasteiger partial charge in [-0.15, -0.1) is 0 Å². The van der Waals surface area contributed by atoms with E-state index in [0.29, 0.717) is 28.3 Å². The standard InChI is InChI=1S/C26H24N2O7/c1-3-34-26(32)18-6-10-19(11-7-18)28-23(29)15-22(25(28)31)27(16-21-5-4-14-35-21)24(30)17-8-12-20(33-2)13-9-17/h4-14,22H,3,15-16H2,1-2H3. The van der Waals surface area contributed by atoms with Gasteiger partial charge in [0.05, 0.1) is 44.2 Å². The number of carbonyl (C=O) groups excluding carboxylic acids is 4. The van der Waals surface area contributed by atoms with Crippen LogP contribution in [0.15, 0.2) is 71.3 Å². The number of nitrogens with zero attached hydrogens (tertiary/aromatic N) is 2. The fourth-order valence-electron chi connectivity index (χ4n) is 3.89. The molecule has 0 aliphatic carbocycles. The first-order valence-electron chi connectivity index (χ1n) is 11.0. The first-order chi connectivity index (χ1) is 16.9. The van der Waals surface area contributed by atoms with Crippen molar-refractivity contribution in [3.8, 4) is 5.75 Å². The number of anilines is 1. The van der Waals surface area contributed by atoms with E-state index in [-0.39, 0.29) is 19.6 Å². The van der Waals surface area contributed by atoms with E-state index in [0.717, 1.165) is 4.90 Å². The molecule has 2 aromatic carbocycles. The maximum Gasteiger partial charge on any atom is 0.338 e. The van der Waals surface area contributed by atoms with E-state index in [1.807, 2.05) is 0 Å². The third-order valence-electron chi connectivity index (χ3n) is 5.64. The summed E-state index contributed by atoms with van der Waals surface area (Å²) in [6.07, 6.45) is 1.30. The van der Waals surface area contributed by atoms with Crippen molar-refractivity contribution in [2.24, 2.45) is 0 Å². The zero-order valence-corrected chi connectivity index (χ0v) is 19.3. The maximum atomic E-state index is 13.4. The largest absolute Gasteiger partial charge is 0.497 e. The highest BCUT2D eigenvalue weighted by Gasteiger charge is 2.44. The Hall–Kier alpha value is -4.40. The number of hydrogen-bond acceptors (Lipinski definition) is 7. The van der Waals surface area contributed by atoms with Crippen molar-refractivity contribution in [3.05, 3.63) is 83.8 Å². The zero-order valence-electron chi connectivity index (χ0n) is 19.3. The quantitative estimate of drug-likeness (QED) is 0.362. The van der Waals surface area contributed by atoms with E-state index in [4.69, 9.17) is 13.9 Å². The predicted octanol–water partition coefficient (Wildman–Crippen LogP) is 3.44. The molecule has 3 amide bonds. The summed E-state index contributed by atoms with van der Waals surface area (Å²) in [5.41, 5.74) is 0.959. The van der Waals surface area contributed by atoms with Crippen LogP contribution in [0.3, 0.4) is 0 Å². The van der Waals surface area contributed by atoms with E-state index in [1.54, 1.807) is 43.3 Å². The van der Waals surface area contributed by atoms with Gasteiger partial charge in [-0.2, -0.15) is 0 Å². The number of furan rings is 1. The Morgan fingerprint density at radius 3 is 2.31 bits per heavy atom. The monoisotopic (exact) mass is 476 g/mol. The third kappa shape index (κ3) is 4.93. The lowest BCUT2D eigenvalue weighted by atomic mass is 10.1. The lowest BCUT2D eigenvalue weighted by Crippen LogP contribution is -2.45. The smallest absolute Gasteiger partial charge is 0.338 e. The first-order valence-corrected chi connectivity index (χ1v) is 11.0. The molecule has 2 heterocycles. The minimum atomic E-state index is -1.02. The maximum absolute atomic E-state index is 13.4. The molecule has 0 spiro atoms. The molecule has 1 fully saturated rings. The van der Waals surface area contributed by atoms with Crippen molar-refractivity contribution in [2.75, 3.05) is 18.6 Å². The van der Waals surface area contributed by atoms with Crippen LogP contribution >= 0.6 is 0 Å². The summed E-state index contributed by atoms with van der Waals surface area (Å²) in [5, 5.41) is 0. The second-order valence-electron chi connectivity index (χ2n) is 7.80. The number of hydrogen-bond donors (Lipinski definition) is 0. The zero-order chi connectivity index (χ0) is 24.9. The molecule has 1 atom stereocenters. The van der Waals surface area contributed by atoms with Crippen molar-refractivity contribution in [2.45, 2.75) is 25.9 Å². The molecular weight excluding hydrogens is 452 g/mol.